The van der Waals surface area contributed by atoms with Crippen molar-refractivity contribution in [2.45, 2.75) is 44.7 Å². The molecule has 0 spiro atoms. The number of aryl methyl sites for hydroxylation is 1. The summed E-state index contributed by atoms with van der Waals surface area (Å²) < 4.78 is 3.92. The number of anilines is 1. The van der Waals surface area contributed by atoms with Crippen molar-refractivity contribution < 1.29 is 4.79 Å². The summed E-state index contributed by atoms with van der Waals surface area (Å²) in [5, 5.41) is 7.26. The number of hydrogen-bond donors (Lipinski definition) is 1. The van der Waals surface area contributed by atoms with Gasteiger partial charge in [0.1, 0.15) is 11.2 Å². The Bertz CT molecular complexity index is 1390. The smallest absolute Gasteiger partial charge is 0.265 e. The molecule has 35 heavy (non-hydrogen) atoms. The molecule has 2 aromatic heterocycles. The van der Waals surface area contributed by atoms with Crippen LogP contribution in [0, 0.1) is 6.92 Å². The summed E-state index contributed by atoms with van der Waals surface area (Å²) in [4.78, 5) is 24.5. The van der Waals surface area contributed by atoms with Gasteiger partial charge in [-0.25, -0.2) is 9.97 Å². The predicted molar refractivity (Wildman–Crippen MR) is 137 cm³/mol. The molecular formula is C27H26N6OS. The van der Waals surface area contributed by atoms with Gasteiger partial charge < -0.3 is 10.2 Å². The van der Waals surface area contributed by atoms with E-state index in [2.05, 4.69) is 79.2 Å². The molecule has 1 N–H and O–H groups in total. The quantitative estimate of drug-likeness (QED) is 0.447. The van der Waals surface area contributed by atoms with Crippen molar-refractivity contribution in [3.63, 3.8) is 0 Å². The summed E-state index contributed by atoms with van der Waals surface area (Å²) in [7, 11) is 0. The number of amides is 1. The van der Waals surface area contributed by atoms with E-state index in [-0.39, 0.29) is 23.9 Å². The van der Waals surface area contributed by atoms with E-state index in [0.29, 0.717) is 10.6 Å². The number of hydrogen-bond acceptors (Lipinski definition) is 7. The maximum Gasteiger partial charge on any atom is 0.265 e. The first kappa shape index (κ1) is 21.9. The summed E-state index contributed by atoms with van der Waals surface area (Å²) in [5.41, 5.74) is 7.98. The highest BCUT2D eigenvalue weighted by Gasteiger charge is 2.37. The van der Waals surface area contributed by atoms with Crippen LogP contribution < -0.4 is 10.2 Å². The van der Waals surface area contributed by atoms with E-state index in [1.165, 1.54) is 22.4 Å². The fraction of sp³-hybridized carbons (Fsp3) is 0.296. The maximum atomic E-state index is 12.9. The summed E-state index contributed by atoms with van der Waals surface area (Å²) in [6, 6.07) is 17.7. The van der Waals surface area contributed by atoms with Crippen LogP contribution in [0.25, 0.3) is 11.3 Å². The third-order valence-corrected chi connectivity index (χ3v) is 8.12. The fourth-order valence-electron chi connectivity index (χ4n) is 5.53. The van der Waals surface area contributed by atoms with Crippen LogP contribution in [0.15, 0.2) is 61.1 Å². The zero-order chi connectivity index (χ0) is 23.9. The van der Waals surface area contributed by atoms with Gasteiger partial charge in [0.25, 0.3) is 5.91 Å². The Kier molecular flexibility index (Phi) is 5.53. The average Bonchev–Trinajstić information content (AvgIpc) is 3.30. The molecule has 1 saturated heterocycles. The molecule has 1 fully saturated rings. The molecule has 6 rings (SSSR count). The molecule has 2 aliphatic heterocycles. The molecule has 4 heterocycles. The van der Waals surface area contributed by atoms with Crippen LogP contribution >= 0.6 is 11.5 Å². The van der Waals surface area contributed by atoms with Gasteiger partial charge in [-0.05, 0) is 66.2 Å². The lowest BCUT2D eigenvalue weighted by Gasteiger charge is -2.41. The third-order valence-electron chi connectivity index (χ3n) is 7.30. The van der Waals surface area contributed by atoms with Crippen molar-refractivity contribution in [1.82, 2.24) is 24.9 Å². The number of nitrogens with one attached hydrogen (secondary N) is 1. The van der Waals surface area contributed by atoms with Crippen molar-refractivity contribution in [2.75, 3.05) is 11.4 Å². The lowest BCUT2D eigenvalue weighted by Crippen LogP contribution is -2.46. The molecule has 0 saturated carbocycles. The fourth-order valence-corrected chi connectivity index (χ4v) is 6.09. The molecule has 0 radical (unpaired) electrons. The van der Waals surface area contributed by atoms with Crippen LogP contribution in [0.1, 0.15) is 63.8 Å². The van der Waals surface area contributed by atoms with Crippen molar-refractivity contribution in [1.29, 1.82) is 0 Å². The summed E-state index contributed by atoms with van der Waals surface area (Å²) in [6.45, 7) is 4.99. The van der Waals surface area contributed by atoms with Crippen molar-refractivity contribution in [3.8, 4) is 11.3 Å². The third kappa shape index (κ3) is 3.87. The second-order valence-corrected chi connectivity index (χ2v) is 10.1. The van der Waals surface area contributed by atoms with Crippen LogP contribution in [0.4, 0.5) is 5.69 Å². The number of piperidine rings is 1. The molecule has 0 aliphatic carbocycles. The van der Waals surface area contributed by atoms with Crippen molar-refractivity contribution >= 4 is 23.1 Å². The molecule has 7 nitrogen and oxygen atoms in total. The van der Waals surface area contributed by atoms with E-state index in [1.807, 2.05) is 13.0 Å². The van der Waals surface area contributed by atoms with Gasteiger partial charge in [-0.3, -0.25) is 4.79 Å². The predicted octanol–water partition coefficient (Wildman–Crippen LogP) is 4.91. The zero-order valence-electron chi connectivity index (χ0n) is 19.7. The first-order chi connectivity index (χ1) is 17.1. The van der Waals surface area contributed by atoms with E-state index < -0.39 is 0 Å². The van der Waals surface area contributed by atoms with Gasteiger partial charge >= 0.3 is 0 Å². The molecule has 0 unspecified atom stereocenters. The Balaban J connectivity index is 1.37. The van der Waals surface area contributed by atoms with Gasteiger partial charge in [-0.2, -0.15) is 0 Å². The number of fused-ring (bicyclic) bond motifs is 5. The van der Waals surface area contributed by atoms with E-state index >= 15 is 0 Å². The van der Waals surface area contributed by atoms with Crippen molar-refractivity contribution in [2.24, 2.45) is 0 Å². The molecule has 4 aromatic rings. The standard InChI is InChI=1S/C27H26N6OS/c1-16-20-5-3-4-6-21(20)25-14-19(30-27(34)26-17(2)31-32-35-26)10-12-33(25)24-8-7-18(13-22(16)24)23-9-11-28-15-29-23/h3-9,11,13,15-16,19,25H,10,12,14H2,1-2H3,(H,30,34)/t16-,19-,25-/m1/s1. The highest BCUT2D eigenvalue weighted by atomic mass is 32.1. The Hall–Kier alpha value is -3.65. The second kappa shape index (κ2) is 8.85. The first-order valence-corrected chi connectivity index (χ1v) is 12.7. The minimum atomic E-state index is -0.0684. The van der Waals surface area contributed by atoms with Gasteiger partial charge in [0.05, 0.1) is 17.4 Å². The summed E-state index contributed by atoms with van der Waals surface area (Å²) in [5.74, 6) is 0.175. The van der Waals surface area contributed by atoms with Gasteiger partial charge in [0, 0.05) is 36.0 Å². The SMILES string of the molecule is Cc1nnsc1C(=O)N[C@@H]1CCN2c3ccc(-c4ccncn4)cc3[C@H](C)c3ccccc3[C@H]2C1. The van der Waals surface area contributed by atoms with Gasteiger partial charge in [0.15, 0.2) is 0 Å². The molecule has 3 atom stereocenters. The summed E-state index contributed by atoms with van der Waals surface area (Å²) in [6.07, 6.45) is 5.12. The van der Waals surface area contributed by atoms with Crippen LogP contribution in [-0.2, 0) is 0 Å². The highest BCUT2D eigenvalue weighted by Crippen LogP contribution is 2.47. The Morgan fingerprint density at radius 1 is 1.11 bits per heavy atom. The molecule has 1 amide bonds. The highest BCUT2D eigenvalue weighted by molar-refractivity contribution is 7.08. The van der Waals surface area contributed by atoms with Gasteiger partial charge in [-0.15, -0.1) is 5.10 Å². The van der Waals surface area contributed by atoms with E-state index in [1.54, 1.807) is 12.5 Å². The number of carbonyl (C=O) groups excluding carboxylic acids is 1. The first-order valence-electron chi connectivity index (χ1n) is 12.0. The molecular weight excluding hydrogens is 456 g/mol. The molecule has 0 bridgehead atoms. The number of nitrogens with zero attached hydrogens (tertiary/aromatic N) is 5. The monoisotopic (exact) mass is 482 g/mol. The second-order valence-electron chi connectivity index (χ2n) is 9.31. The Morgan fingerprint density at radius 3 is 2.74 bits per heavy atom. The molecule has 2 aromatic carbocycles. The zero-order valence-corrected chi connectivity index (χ0v) is 20.5. The lowest BCUT2D eigenvalue weighted by atomic mass is 9.86. The largest absolute Gasteiger partial charge is 0.364 e. The van der Waals surface area contributed by atoms with Crippen LogP contribution in [0.3, 0.4) is 0 Å². The Labute approximate surface area is 208 Å². The van der Waals surface area contributed by atoms with E-state index in [9.17, 15) is 4.79 Å². The Morgan fingerprint density at radius 2 is 1.97 bits per heavy atom. The average molecular weight is 483 g/mol. The minimum absolute atomic E-state index is 0.0684. The summed E-state index contributed by atoms with van der Waals surface area (Å²) >= 11 is 1.16. The van der Waals surface area contributed by atoms with Crippen LogP contribution in [0.5, 0.6) is 0 Å². The number of benzene rings is 2. The van der Waals surface area contributed by atoms with E-state index in [0.717, 1.165) is 42.2 Å². The topological polar surface area (TPSA) is 83.9 Å². The maximum absolute atomic E-state index is 12.9. The molecule has 176 valence electrons. The number of carbonyl (C=O) groups is 1. The van der Waals surface area contributed by atoms with Crippen LogP contribution in [0.2, 0.25) is 0 Å². The van der Waals surface area contributed by atoms with Gasteiger partial charge in [-0.1, -0.05) is 41.7 Å². The molecule has 8 heteroatoms. The van der Waals surface area contributed by atoms with E-state index in [4.69, 9.17) is 0 Å². The lowest BCUT2D eigenvalue weighted by molar-refractivity contribution is 0.0930. The van der Waals surface area contributed by atoms with Crippen molar-refractivity contribution in [3.05, 3.63) is 88.3 Å². The van der Waals surface area contributed by atoms with Gasteiger partial charge in [0.2, 0.25) is 0 Å². The normalized spacial score (nSPS) is 20.9. The number of aromatic nitrogens is 4. The minimum Gasteiger partial charge on any atom is -0.364 e. The van der Waals surface area contributed by atoms with Crippen LogP contribution in [-0.4, -0.2) is 38.0 Å². The number of rotatable bonds is 3. The molecule has 2 aliphatic rings.